The Labute approximate surface area is 248 Å². The third-order valence-corrected chi connectivity index (χ3v) is 8.19. The van der Waals surface area contributed by atoms with Crippen LogP contribution in [0.2, 0.25) is 10.0 Å². The number of nitrogens with one attached hydrogen (secondary N) is 1. The highest BCUT2D eigenvalue weighted by Gasteiger charge is 2.30. The number of piperidine rings is 1. The maximum absolute atomic E-state index is 14.0. The van der Waals surface area contributed by atoms with Gasteiger partial charge in [0.2, 0.25) is 0 Å². The molecule has 8 nitrogen and oxygen atoms in total. The van der Waals surface area contributed by atoms with Crippen LogP contribution in [0, 0.1) is 17.1 Å². The summed E-state index contributed by atoms with van der Waals surface area (Å²) in [4.78, 5) is 36.4. The normalized spacial score (nSPS) is 16.3. The second-order valence-electron chi connectivity index (χ2n) is 10.2. The Morgan fingerprint density at radius 1 is 0.976 bits per heavy atom. The minimum absolute atomic E-state index is 0.00717. The van der Waals surface area contributed by atoms with Crippen LogP contribution in [0.15, 0.2) is 54.7 Å². The van der Waals surface area contributed by atoms with Gasteiger partial charge in [0.1, 0.15) is 11.6 Å². The van der Waals surface area contributed by atoms with Crippen molar-refractivity contribution in [2.75, 3.05) is 44.2 Å². The monoisotopic (exact) mass is 594 g/mol. The van der Waals surface area contributed by atoms with Gasteiger partial charge >= 0.3 is 0 Å². The minimum atomic E-state index is -0.481. The first kappa shape index (κ1) is 28.8. The van der Waals surface area contributed by atoms with Gasteiger partial charge in [-0.15, -0.1) is 0 Å². The molecule has 1 N–H and O–H groups in total. The lowest BCUT2D eigenvalue weighted by molar-refractivity contribution is 0.0610. The number of piperazine rings is 1. The smallest absolute Gasteiger partial charge is 0.253 e. The molecule has 3 aromatic rings. The average Bonchev–Trinajstić information content (AvgIpc) is 3.00. The lowest BCUT2D eigenvalue weighted by Gasteiger charge is -2.43. The van der Waals surface area contributed by atoms with Gasteiger partial charge in [0.05, 0.1) is 22.2 Å². The number of hydrogen-bond donors (Lipinski definition) is 1. The van der Waals surface area contributed by atoms with Gasteiger partial charge in [0, 0.05) is 74.2 Å². The third-order valence-electron chi connectivity index (χ3n) is 7.68. The fourth-order valence-corrected chi connectivity index (χ4v) is 5.78. The van der Waals surface area contributed by atoms with Gasteiger partial charge in [-0.2, -0.15) is 5.26 Å². The summed E-state index contributed by atoms with van der Waals surface area (Å²) in [5.74, 6) is -0.234. The summed E-state index contributed by atoms with van der Waals surface area (Å²) >= 11 is 12.3. The number of benzene rings is 2. The van der Waals surface area contributed by atoms with Gasteiger partial charge in [-0.25, -0.2) is 9.37 Å². The largest absolute Gasteiger partial charge is 0.353 e. The molecule has 0 radical (unpaired) electrons. The number of hydrogen-bond acceptors (Lipinski definition) is 6. The molecule has 2 amide bonds. The van der Waals surface area contributed by atoms with Crippen LogP contribution in [0.3, 0.4) is 0 Å². The number of halogens is 3. The quantitative estimate of drug-likeness (QED) is 0.442. The van der Waals surface area contributed by atoms with E-state index in [0.717, 1.165) is 39.0 Å². The first-order chi connectivity index (χ1) is 19.8. The molecular weight excluding hydrogens is 566 g/mol. The lowest BCUT2D eigenvalue weighted by atomic mass is 10.0. The fourth-order valence-electron chi connectivity index (χ4n) is 5.33. The summed E-state index contributed by atoms with van der Waals surface area (Å²) in [7, 11) is 0. The second-order valence-corrected chi connectivity index (χ2v) is 11.0. The SMILES string of the molecule is N#Cc1ccc(C(=O)N2CCC(N3CCN(c4ncc(C(=O)NCc5ccc(Cl)cc5F)cc4Cl)CC3)CC2)cc1. The number of anilines is 1. The van der Waals surface area contributed by atoms with Crippen molar-refractivity contribution in [1.29, 1.82) is 5.26 Å². The predicted octanol–water partition coefficient (Wildman–Crippen LogP) is 4.76. The average molecular weight is 596 g/mol. The molecule has 1 aromatic heterocycles. The van der Waals surface area contributed by atoms with E-state index in [4.69, 9.17) is 28.5 Å². The van der Waals surface area contributed by atoms with Crippen molar-refractivity contribution in [2.24, 2.45) is 0 Å². The molecule has 2 aliphatic rings. The van der Waals surface area contributed by atoms with Crippen LogP contribution in [0.25, 0.3) is 0 Å². The van der Waals surface area contributed by atoms with Crippen molar-refractivity contribution in [1.82, 2.24) is 20.1 Å². The number of nitrogens with zero attached hydrogens (tertiary/aromatic N) is 5. The molecule has 0 bridgehead atoms. The molecule has 41 heavy (non-hydrogen) atoms. The Hall–Kier alpha value is -3.71. The zero-order valence-corrected chi connectivity index (χ0v) is 23.8. The molecule has 2 fully saturated rings. The maximum Gasteiger partial charge on any atom is 0.253 e. The van der Waals surface area contributed by atoms with Crippen molar-refractivity contribution in [3.05, 3.63) is 92.8 Å². The molecule has 212 valence electrons. The van der Waals surface area contributed by atoms with Crippen LogP contribution in [0.1, 0.15) is 44.7 Å². The fraction of sp³-hybridized carbons (Fsp3) is 0.333. The van der Waals surface area contributed by atoms with Gasteiger partial charge in [0.15, 0.2) is 0 Å². The highest BCUT2D eigenvalue weighted by atomic mass is 35.5. The molecule has 11 heteroatoms. The number of carbonyl (C=O) groups excluding carboxylic acids is 2. The number of aromatic nitrogens is 1. The molecule has 3 heterocycles. The molecule has 2 aliphatic heterocycles. The van der Waals surface area contributed by atoms with Crippen molar-refractivity contribution >= 4 is 40.8 Å². The van der Waals surface area contributed by atoms with E-state index in [9.17, 15) is 14.0 Å². The Bertz CT molecular complexity index is 1460. The van der Waals surface area contributed by atoms with Gasteiger partial charge in [-0.3, -0.25) is 14.5 Å². The topological polar surface area (TPSA) is 92.6 Å². The van der Waals surface area contributed by atoms with Crippen LogP contribution >= 0.6 is 23.2 Å². The Morgan fingerprint density at radius 3 is 2.32 bits per heavy atom. The first-order valence-electron chi connectivity index (χ1n) is 13.5. The summed E-state index contributed by atoms with van der Waals surface area (Å²) in [6.45, 7) is 4.61. The standard InChI is InChI=1S/C30H29Cl2FN6O2/c31-24-6-5-22(27(33)16-24)18-36-29(40)23-15-26(32)28(35-19-23)38-13-11-37(12-14-38)25-7-9-39(10-8-25)30(41)21-3-1-20(17-34)2-4-21/h1-6,15-16,19,25H,7-14,18H2,(H,36,40). The van der Waals surface area contributed by atoms with E-state index in [1.54, 1.807) is 36.4 Å². The number of likely N-dealkylation sites (tertiary alicyclic amines) is 1. The summed E-state index contributed by atoms with van der Waals surface area (Å²) in [5, 5.41) is 12.3. The van der Waals surface area contributed by atoms with Crippen LogP contribution in [0.5, 0.6) is 0 Å². The number of pyridine rings is 1. The van der Waals surface area contributed by atoms with Crippen LogP contribution in [0.4, 0.5) is 10.2 Å². The van der Waals surface area contributed by atoms with Crippen LogP contribution < -0.4 is 10.2 Å². The summed E-state index contributed by atoms with van der Waals surface area (Å²) in [5.41, 5.74) is 1.79. The molecule has 2 aromatic carbocycles. The van der Waals surface area contributed by atoms with E-state index >= 15 is 0 Å². The highest BCUT2D eigenvalue weighted by molar-refractivity contribution is 6.33. The van der Waals surface area contributed by atoms with E-state index in [-0.39, 0.29) is 12.5 Å². The summed E-state index contributed by atoms with van der Waals surface area (Å²) < 4.78 is 14.0. The predicted molar refractivity (Wildman–Crippen MR) is 156 cm³/mol. The number of amides is 2. The third kappa shape index (κ3) is 6.79. The number of rotatable bonds is 6. The molecule has 0 unspecified atom stereocenters. The number of carbonyl (C=O) groups is 2. The van der Waals surface area contributed by atoms with E-state index in [2.05, 4.69) is 26.2 Å². The van der Waals surface area contributed by atoms with Crippen LogP contribution in [-0.4, -0.2) is 71.9 Å². The molecule has 0 saturated carbocycles. The van der Waals surface area contributed by atoms with Gasteiger partial charge in [-0.1, -0.05) is 29.3 Å². The Kier molecular flexibility index (Phi) is 9.03. The second kappa shape index (κ2) is 12.9. The summed E-state index contributed by atoms with van der Waals surface area (Å²) in [6, 6.07) is 15.2. The van der Waals surface area contributed by atoms with E-state index in [1.807, 2.05) is 4.90 Å². The zero-order chi connectivity index (χ0) is 28.9. The van der Waals surface area contributed by atoms with Crippen LogP contribution in [-0.2, 0) is 6.54 Å². The van der Waals surface area contributed by atoms with Crippen molar-refractivity contribution in [2.45, 2.75) is 25.4 Å². The minimum Gasteiger partial charge on any atom is -0.353 e. The first-order valence-corrected chi connectivity index (χ1v) is 14.2. The van der Waals surface area contributed by atoms with Crippen molar-refractivity contribution in [3.63, 3.8) is 0 Å². The van der Waals surface area contributed by atoms with E-state index in [0.29, 0.717) is 57.2 Å². The maximum atomic E-state index is 14.0. The summed E-state index contributed by atoms with van der Waals surface area (Å²) in [6.07, 6.45) is 3.30. The van der Waals surface area contributed by atoms with E-state index < -0.39 is 11.7 Å². The van der Waals surface area contributed by atoms with Gasteiger partial charge < -0.3 is 15.1 Å². The molecule has 2 saturated heterocycles. The van der Waals surface area contributed by atoms with Gasteiger partial charge in [-0.05, 0) is 55.3 Å². The molecular formula is C30H29Cl2FN6O2. The van der Waals surface area contributed by atoms with Gasteiger partial charge in [0.25, 0.3) is 11.8 Å². The molecule has 0 aliphatic carbocycles. The van der Waals surface area contributed by atoms with Crippen molar-refractivity contribution < 1.29 is 14.0 Å². The lowest BCUT2D eigenvalue weighted by Crippen LogP contribution is -2.54. The zero-order valence-electron chi connectivity index (χ0n) is 22.3. The Morgan fingerprint density at radius 2 is 1.68 bits per heavy atom. The number of nitriles is 1. The van der Waals surface area contributed by atoms with Crippen molar-refractivity contribution in [3.8, 4) is 6.07 Å². The molecule has 5 rings (SSSR count). The van der Waals surface area contributed by atoms with E-state index in [1.165, 1.54) is 18.3 Å². The highest BCUT2D eigenvalue weighted by Crippen LogP contribution is 2.27. The molecule has 0 spiro atoms. The molecule has 0 atom stereocenters. The Balaban J connectivity index is 1.10.